The predicted molar refractivity (Wildman–Crippen MR) is 43.7 cm³/mol. The molecular weight excluding hydrogens is 177 g/mol. The highest BCUT2D eigenvalue weighted by molar-refractivity contribution is 7.11. The number of halogens is 2. The van der Waals surface area contributed by atoms with Gasteiger partial charge in [0.25, 0.3) is 0 Å². The quantitative estimate of drug-likeness (QED) is 0.611. The summed E-state index contributed by atoms with van der Waals surface area (Å²) in [6, 6.07) is 0. The Balaban J connectivity index is 0.000000640. The number of aromatic nitrogens is 1. The summed E-state index contributed by atoms with van der Waals surface area (Å²) >= 11 is 7.16. The van der Waals surface area contributed by atoms with Crippen molar-refractivity contribution in [2.75, 3.05) is 0 Å². The number of nitrogens with zero attached hydrogens (tertiary/aromatic N) is 1. The van der Waals surface area contributed by atoms with Gasteiger partial charge in [0, 0.05) is 11.1 Å². The van der Waals surface area contributed by atoms with E-state index in [0.717, 1.165) is 9.88 Å². The minimum absolute atomic E-state index is 0. The Kier molecular flexibility index (Phi) is 4.19. The summed E-state index contributed by atoms with van der Waals surface area (Å²) < 4.78 is 0. The first kappa shape index (κ1) is 9.21. The highest BCUT2D eigenvalue weighted by Gasteiger charge is 1.92. The van der Waals surface area contributed by atoms with Crippen molar-refractivity contribution >= 4 is 35.3 Å². The first-order valence-electron chi connectivity index (χ1n) is 2.30. The van der Waals surface area contributed by atoms with Gasteiger partial charge < -0.3 is 0 Å². The largest absolute Gasteiger partial charge is 0.250 e. The molecule has 0 aromatic carbocycles. The van der Waals surface area contributed by atoms with Crippen LogP contribution in [-0.2, 0) is 5.88 Å². The van der Waals surface area contributed by atoms with Crippen molar-refractivity contribution in [3.05, 3.63) is 16.1 Å². The van der Waals surface area contributed by atoms with E-state index in [1.54, 1.807) is 11.3 Å². The second-order valence-electron chi connectivity index (χ2n) is 1.48. The molecule has 0 aliphatic heterocycles. The van der Waals surface area contributed by atoms with Gasteiger partial charge in [-0.3, -0.25) is 0 Å². The van der Waals surface area contributed by atoms with Crippen LogP contribution in [0.4, 0.5) is 0 Å². The van der Waals surface area contributed by atoms with Crippen molar-refractivity contribution in [1.29, 1.82) is 0 Å². The minimum Gasteiger partial charge on any atom is -0.250 e. The fourth-order valence-electron chi connectivity index (χ4n) is 0.467. The molecule has 0 bridgehead atoms. The van der Waals surface area contributed by atoms with Crippen LogP contribution >= 0.6 is 35.3 Å². The average molecular weight is 184 g/mol. The van der Waals surface area contributed by atoms with Gasteiger partial charge in [-0.05, 0) is 6.92 Å². The van der Waals surface area contributed by atoms with Gasteiger partial charge in [-0.25, -0.2) is 4.98 Å². The summed E-state index contributed by atoms with van der Waals surface area (Å²) in [4.78, 5) is 5.16. The topological polar surface area (TPSA) is 12.9 Å². The van der Waals surface area contributed by atoms with E-state index in [1.807, 2.05) is 13.1 Å². The van der Waals surface area contributed by atoms with Gasteiger partial charge >= 0.3 is 0 Å². The van der Waals surface area contributed by atoms with Gasteiger partial charge in [-0.1, -0.05) is 0 Å². The second kappa shape index (κ2) is 4.09. The highest BCUT2D eigenvalue weighted by Crippen LogP contribution is 2.12. The van der Waals surface area contributed by atoms with Crippen molar-refractivity contribution < 1.29 is 0 Å². The second-order valence-corrected chi connectivity index (χ2v) is 3.07. The third-order valence-corrected chi connectivity index (χ3v) is 2.16. The maximum Gasteiger partial charge on any atom is 0.0897 e. The number of hydrogen-bond donors (Lipinski definition) is 0. The smallest absolute Gasteiger partial charge is 0.0897 e. The number of rotatable bonds is 1. The van der Waals surface area contributed by atoms with Crippen molar-refractivity contribution in [3.63, 3.8) is 0 Å². The first-order valence-corrected chi connectivity index (χ1v) is 3.65. The summed E-state index contributed by atoms with van der Waals surface area (Å²) in [5.74, 6) is 0.589. The Morgan fingerprint density at radius 1 is 1.78 bits per heavy atom. The van der Waals surface area contributed by atoms with Crippen molar-refractivity contribution in [1.82, 2.24) is 4.98 Å². The lowest BCUT2D eigenvalue weighted by Gasteiger charge is -1.76. The molecule has 1 rings (SSSR count). The molecule has 0 fully saturated rings. The summed E-state index contributed by atoms with van der Waals surface area (Å²) in [5, 5.41) is 1.08. The fraction of sp³-hybridized carbons (Fsp3) is 0.400. The molecule has 52 valence electrons. The molecule has 1 heterocycles. The summed E-state index contributed by atoms with van der Waals surface area (Å²) in [5.41, 5.74) is 0. The molecule has 0 unspecified atom stereocenters. The third-order valence-electron chi connectivity index (χ3n) is 0.801. The predicted octanol–water partition coefficient (Wildman–Crippen LogP) is 2.61. The molecule has 4 heteroatoms. The zero-order valence-corrected chi connectivity index (χ0v) is 7.32. The zero-order valence-electron chi connectivity index (χ0n) is 4.93. The summed E-state index contributed by atoms with van der Waals surface area (Å²) in [6.45, 7) is 1.97. The van der Waals surface area contributed by atoms with E-state index in [0.29, 0.717) is 5.88 Å². The van der Waals surface area contributed by atoms with Crippen molar-refractivity contribution in [2.45, 2.75) is 12.8 Å². The molecule has 0 N–H and O–H groups in total. The lowest BCUT2D eigenvalue weighted by Crippen LogP contribution is -1.61. The molecule has 0 atom stereocenters. The first-order chi connectivity index (χ1) is 3.83. The molecule has 0 radical (unpaired) electrons. The SMILES string of the molecule is Cc1ncc(CCl)s1.Cl. The van der Waals surface area contributed by atoms with Crippen LogP contribution in [0.15, 0.2) is 6.20 Å². The Morgan fingerprint density at radius 2 is 2.44 bits per heavy atom. The van der Waals surface area contributed by atoms with Gasteiger partial charge in [0.05, 0.1) is 10.9 Å². The van der Waals surface area contributed by atoms with E-state index in [-0.39, 0.29) is 12.4 Å². The van der Waals surface area contributed by atoms with Crippen LogP contribution in [0.3, 0.4) is 0 Å². The van der Waals surface area contributed by atoms with E-state index in [1.165, 1.54) is 0 Å². The highest BCUT2D eigenvalue weighted by atomic mass is 35.5. The lowest BCUT2D eigenvalue weighted by molar-refractivity contribution is 1.28. The Morgan fingerprint density at radius 3 is 2.67 bits per heavy atom. The molecule has 9 heavy (non-hydrogen) atoms. The maximum absolute atomic E-state index is 5.51. The van der Waals surface area contributed by atoms with Gasteiger partial charge in [0.2, 0.25) is 0 Å². The maximum atomic E-state index is 5.51. The monoisotopic (exact) mass is 183 g/mol. The normalized spacial score (nSPS) is 8.67. The Labute approximate surface area is 69.5 Å². The molecule has 0 spiro atoms. The van der Waals surface area contributed by atoms with E-state index in [2.05, 4.69) is 4.98 Å². The van der Waals surface area contributed by atoms with Crippen LogP contribution in [-0.4, -0.2) is 4.98 Å². The summed E-state index contributed by atoms with van der Waals surface area (Å²) in [7, 11) is 0. The number of alkyl halides is 1. The zero-order chi connectivity index (χ0) is 5.98. The average Bonchev–Trinajstić information content (AvgIpc) is 2.14. The number of hydrogen-bond acceptors (Lipinski definition) is 2. The van der Waals surface area contributed by atoms with Crippen LogP contribution in [0.2, 0.25) is 0 Å². The van der Waals surface area contributed by atoms with Crippen LogP contribution in [0, 0.1) is 6.92 Å². The standard InChI is InChI=1S/C5H6ClNS.ClH/c1-4-7-3-5(2-6)8-4;/h3H,2H2,1H3;1H. The van der Waals surface area contributed by atoms with E-state index < -0.39 is 0 Å². The molecule has 0 saturated heterocycles. The molecule has 1 aromatic rings. The number of aryl methyl sites for hydroxylation is 1. The lowest BCUT2D eigenvalue weighted by atomic mass is 10.6. The van der Waals surface area contributed by atoms with E-state index in [4.69, 9.17) is 11.6 Å². The van der Waals surface area contributed by atoms with Gasteiger partial charge in [-0.15, -0.1) is 35.3 Å². The molecule has 0 aliphatic carbocycles. The molecule has 0 saturated carbocycles. The van der Waals surface area contributed by atoms with Crippen LogP contribution in [0.25, 0.3) is 0 Å². The van der Waals surface area contributed by atoms with Gasteiger partial charge in [0.1, 0.15) is 0 Å². The van der Waals surface area contributed by atoms with Crippen LogP contribution < -0.4 is 0 Å². The molecule has 0 aliphatic rings. The van der Waals surface area contributed by atoms with Crippen molar-refractivity contribution in [3.8, 4) is 0 Å². The fourth-order valence-corrected chi connectivity index (χ4v) is 1.34. The van der Waals surface area contributed by atoms with Crippen molar-refractivity contribution in [2.24, 2.45) is 0 Å². The molecule has 1 aromatic heterocycles. The van der Waals surface area contributed by atoms with Crippen LogP contribution in [0.1, 0.15) is 9.88 Å². The van der Waals surface area contributed by atoms with Crippen LogP contribution in [0.5, 0.6) is 0 Å². The Hall–Kier alpha value is 0.210. The van der Waals surface area contributed by atoms with E-state index >= 15 is 0 Å². The third kappa shape index (κ3) is 2.52. The number of thiazole rings is 1. The Bertz CT molecular complexity index is 175. The van der Waals surface area contributed by atoms with Gasteiger partial charge in [-0.2, -0.15) is 0 Å². The minimum atomic E-state index is 0. The molecule has 0 amide bonds. The van der Waals surface area contributed by atoms with E-state index in [9.17, 15) is 0 Å². The molecule has 1 nitrogen and oxygen atoms in total. The summed E-state index contributed by atoms with van der Waals surface area (Å²) in [6.07, 6.45) is 1.81. The van der Waals surface area contributed by atoms with Gasteiger partial charge in [0.15, 0.2) is 0 Å². The molecular formula is C5H7Cl2NS.